The number of hydrogen-bond donors (Lipinski definition) is 1. The number of nitrogens with zero attached hydrogens (tertiary/aromatic N) is 1. The number of hydrogen-bond acceptors (Lipinski definition) is 3. The predicted molar refractivity (Wildman–Crippen MR) is 79.6 cm³/mol. The van der Waals surface area contributed by atoms with Crippen LogP contribution in [-0.4, -0.2) is 11.0 Å². The van der Waals surface area contributed by atoms with Gasteiger partial charge in [-0.1, -0.05) is 33.3 Å². The van der Waals surface area contributed by atoms with Crippen molar-refractivity contribution in [1.29, 1.82) is 0 Å². The Morgan fingerprint density at radius 1 is 1.32 bits per heavy atom. The van der Waals surface area contributed by atoms with Crippen LogP contribution in [0.2, 0.25) is 0 Å². The van der Waals surface area contributed by atoms with Crippen LogP contribution in [0.5, 0.6) is 0 Å². The van der Waals surface area contributed by atoms with Crippen LogP contribution < -0.4 is 5.32 Å². The first kappa shape index (κ1) is 15.5. The molecule has 1 aromatic rings. The van der Waals surface area contributed by atoms with E-state index < -0.39 is 0 Å². The van der Waals surface area contributed by atoms with Gasteiger partial charge in [-0.3, -0.25) is 10.1 Å². The van der Waals surface area contributed by atoms with E-state index in [-0.39, 0.29) is 10.6 Å². The Bertz CT molecular complexity index is 432. The van der Waals surface area contributed by atoms with Gasteiger partial charge in [0.05, 0.1) is 4.92 Å². The maximum absolute atomic E-state index is 10.9. The Kier molecular flexibility index (Phi) is 5.80. The first-order valence-electron chi connectivity index (χ1n) is 7.00. The molecule has 0 amide bonds. The lowest BCUT2D eigenvalue weighted by Gasteiger charge is -2.22. The second kappa shape index (κ2) is 7.12. The van der Waals surface area contributed by atoms with Gasteiger partial charge in [0, 0.05) is 23.4 Å². The number of rotatable bonds is 7. The van der Waals surface area contributed by atoms with Crippen LogP contribution in [0.3, 0.4) is 0 Å². The molecule has 0 spiro atoms. The van der Waals surface area contributed by atoms with Crippen molar-refractivity contribution in [3.8, 4) is 0 Å². The summed E-state index contributed by atoms with van der Waals surface area (Å²) in [5, 5.41) is 14.4. The second-order valence-corrected chi connectivity index (χ2v) is 5.21. The molecule has 1 N–H and O–H groups in total. The van der Waals surface area contributed by atoms with Crippen molar-refractivity contribution >= 4 is 11.4 Å². The summed E-state index contributed by atoms with van der Waals surface area (Å²) in [6.07, 6.45) is 3.27. The molecule has 0 aromatic heterocycles. The Morgan fingerprint density at radius 2 is 2.00 bits per heavy atom. The minimum Gasteiger partial charge on any atom is -0.382 e. The molecule has 0 saturated heterocycles. The van der Waals surface area contributed by atoms with E-state index in [1.165, 1.54) is 0 Å². The lowest BCUT2D eigenvalue weighted by molar-refractivity contribution is -0.385. The summed E-state index contributed by atoms with van der Waals surface area (Å²) >= 11 is 0. The number of nitro groups is 1. The van der Waals surface area contributed by atoms with Crippen molar-refractivity contribution in [2.45, 2.75) is 53.0 Å². The fourth-order valence-corrected chi connectivity index (χ4v) is 2.18. The molecule has 0 saturated carbocycles. The summed E-state index contributed by atoms with van der Waals surface area (Å²) in [6.45, 7) is 8.38. The van der Waals surface area contributed by atoms with Gasteiger partial charge in [-0.05, 0) is 31.7 Å². The summed E-state index contributed by atoms with van der Waals surface area (Å²) in [4.78, 5) is 10.6. The van der Waals surface area contributed by atoms with Crippen LogP contribution in [0.4, 0.5) is 11.4 Å². The van der Waals surface area contributed by atoms with Gasteiger partial charge < -0.3 is 5.32 Å². The molecule has 0 fully saturated rings. The van der Waals surface area contributed by atoms with Gasteiger partial charge >= 0.3 is 0 Å². The first-order valence-corrected chi connectivity index (χ1v) is 7.00. The Labute approximate surface area is 115 Å². The molecule has 4 nitrogen and oxygen atoms in total. The van der Waals surface area contributed by atoms with Gasteiger partial charge in [-0.15, -0.1) is 0 Å². The summed E-state index contributed by atoms with van der Waals surface area (Å²) in [6, 6.07) is 5.58. The number of benzene rings is 1. The Morgan fingerprint density at radius 3 is 2.53 bits per heavy atom. The van der Waals surface area contributed by atoms with E-state index in [2.05, 4.69) is 26.1 Å². The summed E-state index contributed by atoms with van der Waals surface area (Å²) in [7, 11) is 0. The van der Waals surface area contributed by atoms with Crippen LogP contribution in [0.1, 0.15) is 45.6 Å². The monoisotopic (exact) mass is 264 g/mol. The van der Waals surface area contributed by atoms with E-state index in [4.69, 9.17) is 0 Å². The highest BCUT2D eigenvalue weighted by atomic mass is 16.6. The average molecular weight is 264 g/mol. The van der Waals surface area contributed by atoms with Crippen LogP contribution in [-0.2, 0) is 0 Å². The molecule has 4 heteroatoms. The molecule has 0 bridgehead atoms. The van der Waals surface area contributed by atoms with Gasteiger partial charge in [0.15, 0.2) is 0 Å². The fraction of sp³-hybridized carbons (Fsp3) is 0.600. The highest BCUT2D eigenvalue weighted by Gasteiger charge is 2.16. The molecule has 0 heterocycles. The largest absolute Gasteiger partial charge is 0.382 e. The third-order valence-electron chi connectivity index (χ3n) is 3.74. The molecule has 19 heavy (non-hydrogen) atoms. The minimum absolute atomic E-state index is 0.184. The fourth-order valence-electron chi connectivity index (χ4n) is 2.18. The molecular formula is C15H24N2O2. The molecule has 0 aliphatic carbocycles. The van der Waals surface area contributed by atoms with Crippen molar-refractivity contribution < 1.29 is 4.92 Å². The Balaban J connectivity index is 2.85. The van der Waals surface area contributed by atoms with Crippen LogP contribution in [0.15, 0.2) is 18.2 Å². The molecule has 0 aliphatic rings. The first-order chi connectivity index (χ1) is 8.99. The smallest absolute Gasteiger partial charge is 0.274 e. The molecule has 2 atom stereocenters. The summed E-state index contributed by atoms with van der Waals surface area (Å²) < 4.78 is 0. The van der Waals surface area contributed by atoms with Gasteiger partial charge in [-0.25, -0.2) is 0 Å². The third-order valence-corrected chi connectivity index (χ3v) is 3.74. The third kappa shape index (κ3) is 4.23. The zero-order chi connectivity index (χ0) is 14.4. The van der Waals surface area contributed by atoms with Crippen molar-refractivity contribution in [2.24, 2.45) is 5.92 Å². The lowest BCUT2D eigenvalue weighted by Crippen LogP contribution is -2.21. The molecule has 0 aliphatic heterocycles. The SMILES string of the molecule is CCC(C)CC(CC)Nc1cccc([N+](=O)[O-])c1C. The molecule has 1 rings (SSSR count). The zero-order valence-corrected chi connectivity index (χ0v) is 12.3. The summed E-state index contributed by atoms with van der Waals surface area (Å²) in [5.41, 5.74) is 1.78. The topological polar surface area (TPSA) is 55.2 Å². The number of nitro benzene ring substituents is 1. The van der Waals surface area contributed by atoms with Crippen LogP contribution >= 0.6 is 0 Å². The van der Waals surface area contributed by atoms with E-state index in [1.54, 1.807) is 19.1 Å². The predicted octanol–water partition coefficient (Wildman–Crippen LogP) is 4.53. The molecule has 0 radical (unpaired) electrons. The van der Waals surface area contributed by atoms with E-state index >= 15 is 0 Å². The number of nitrogens with one attached hydrogen (secondary N) is 1. The zero-order valence-electron chi connectivity index (χ0n) is 12.3. The van der Waals surface area contributed by atoms with Gasteiger partial charge in [-0.2, -0.15) is 0 Å². The molecule has 1 aromatic carbocycles. The Hall–Kier alpha value is -1.58. The van der Waals surface area contributed by atoms with Crippen molar-refractivity contribution in [3.63, 3.8) is 0 Å². The average Bonchev–Trinajstić information content (AvgIpc) is 2.39. The van der Waals surface area contributed by atoms with Gasteiger partial charge in [0.2, 0.25) is 0 Å². The number of anilines is 1. The van der Waals surface area contributed by atoms with Gasteiger partial charge in [0.1, 0.15) is 0 Å². The maximum Gasteiger partial charge on any atom is 0.274 e. The lowest BCUT2D eigenvalue weighted by atomic mass is 9.97. The highest BCUT2D eigenvalue weighted by Crippen LogP contribution is 2.27. The molecular weight excluding hydrogens is 240 g/mol. The standard InChI is InChI=1S/C15H24N2O2/c1-5-11(3)10-13(6-2)16-14-8-7-9-15(12(14)4)17(18)19/h7-9,11,13,16H,5-6,10H2,1-4H3. The summed E-state index contributed by atoms with van der Waals surface area (Å²) in [5.74, 6) is 0.663. The molecule has 106 valence electrons. The van der Waals surface area contributed by atoms with Gasteiger partial charge in [0.25, 0.3) is 5.69 Å². The maximum atomic E-state index is 10.9. The van der Waals surface area contributed by atoms with E-state index in [0.29, 0.717) is 12.0 Å². The van der Waals surface area contributed by atoms with E-state index in [1.807, 2.05) is 6.07 Å². The van der Waals surface area contributed by atoms with Crippen molar-refractivity contribution in [3.05, 3.63) is 33.9 Å². The van der Waals surface area contributed by atoms with E-state index in [9.17, 15) is 10.1 Å². The normalized spacial score (nSPS) is 13.9. The molecule has 2 unspecified atom stereocenters. The highest BCUT2D eigenvalue weighted by molar-refractivity contribution is 5.60. The van der Waals surface area contributed by atoms with E-state index in [0.717, 1.165) is 30.5 Å². The van der Waals surface area contributed by atoms with Crippen LogP contribution in [0, 0.1) is 23.0 Å². The van der Waals surface area contributed by atoms with Crippen LogP contribution in [0.25, 0.3) is 0 Å². The van der Waals surface area contributed by atoms with Crippen molar-refractivity contribution in [1.82, 2.24) is 0 Å². The minimum atomic E-state index is -0.323. The van der Waals surface area contributed by atoms with Crippen molar-refractivity contribution in [2.75, 3.05) is 5.32 Å². The quantitative estimate of drug-likeness (QED) is 0.581. The second-order valence-electron chi connectivity index (χ2n) is 5.21.